The molecular formula is C22H36N4O3. The van der Waals surface area contributed by atoms with Gasteiger partial charge in [-0.05, 0) is 57.5 Å². The summed E-state index contributed by atoms with van der Waals surface area (Å²) in [7, 11) is 5.51. The lowest BCUT2D eigenvalue weighted by Crippen LogP contribution is -2.44. The van der Waals surface area contributed by atoms with Gasteiger partial charge in [0.25, 0.3) is 0 Å². The van der Waals surface area contributed by atoms with E-state index in [1.807, 2.05) is 23.1 Å². The van der Waals surface area contributed by atoms with Crippen molar-refractivity contribution in [2.75, 3.05) is 67.1 Å². The molecule has 29 heavy (non-hydrogen) atoms. The quantitative estimate of drug-likeness (QED) is 0.675. The number of ether oxygens (including phenoxy) is 2. The number of piperazine rings is 1. The number of urea groups is 1. The Morgan fingerprint density at radius 3 is 2.62 bits per heavy atom. The van der Waals surface area contributed by atoms with Gasteiger partial charge in [0.2, 0.25) is 0 Å². The van der Waals surface area contributed by atoms with E-state index in [1.54, 1.807) is 14.2 Å². The molecule has 7 heteroatoms. The maximum Gasteiger partial charge on any atom is 0.317 e. The van der Waals surface area contributed by atoms with Crippen molar-refractivity contribution >= 4 is 6.03 Å². The van der Waals surface area contributed by atoms with Crippen LogP contribution in [0.5, 0.6) is 11.5 Å². The summed E-state index contributed by atoms with van der Waals surface area (Å²) in [5.74, 6) is 1.60. The summed E-state index contributed by atoms with van der Waals surface area (Å²) < 4.78 is 10.9. The van der Waals surface area contributed by atoms with Gasteiger partial charge < -0.3 is 29.5 Å². The zero-order chi connectivity index (χ0) is 20.6. The average Bonchev–Trinajstić information content (AvgIpc) is 3.24. The van der Waals surface area contributed by atoms with E-state index in [-0.39, 0.29) is 12.1 Å². The SMILES string of the molecule is COc1ccc(OC)c(C2CCCN2C(=O)NCCCCN2CCN(C)CC2)c1. The molecule has 2 saturated heterocycles. The second-order valence-electron chi connectivity index (χ2n) is 8.04. The molecule has 2 aliphatic rings. The third-order valence-corrected chi connectivity index (χ3v) is 6.08. The Bertz CT molecular complexity index is 661. The van der Waals surface area contributed by atoms with E-state index in [0.717, 1.165) is 88.6 Å². The van der Waals surface area contributed by atoms with Gasteiger partial charge in [0.05, 0.1) is 20.3 Å². The fourth-order valence-corrected chi connectivity index (χ4v) is 4.26. The van der Waals surface area contributed by atoms with Gasteiger partial charge in [-0.15, -0.1) is 0 Å². The zero-order valence-corrected chi connectivity index (χ0v) is 18.2. The van der Waals surface area contributed by atoms with Crippen LogP contribution in [0, 0.1) is 0 Å². The maximum atomic E-state index is 12.8. The number of likely N-dealkylation sites (N-methyl/N-ethyl adjacent to an activating group) is 1. The lowest BCUT2D eigenvalue weighted by molar-refractivity contribution is 0.152. The lowest BCUT2D eigenvalue weighted by Gasteiger charge is -2.32. The van der Waals surface area contributed by atoms with Crippen molar-refractivity contribution in [1.29, 1.82) is 0 Å². The van der Waals surface area contributed by atoms with Crippen LogP contribution in [0.1, 0.15) is 37.3 Å². The van der Waals surface area contributed by atoms with E-state index in [2.05, 4.69) is 22.2 Å². The summed E-state index contributed by atoms with van der Waals surface area (Å²) >= 11 is 0. The van der Waals surface area contributed by atoms with Crippen LogP contribution in [0.2, 0.25) is 0 Å². The lowest BCUT2D eigenvalue weighted by atomic mass is 10.0. The molecular weight excluding hydrogens is 368 g/mol. The molecule has 0 saturated carbocycles. The number of carbonyl (C=O) groups excluding carboxylic acids is 1. The van der Waals surface area contributed by atoms with Gasteiger partial charge in [-0.3, -0.25) is 0 Å². The number of hydrogen-bond donors (Lipinski definition) is 1. The summed E-state index contributed by atoms with van der Waals surface area (Å²) in [4.78, 5) is 19.6. The van der Waals surface area contributed by atoms with Gasteiger partial charge in [0.15, 0.2) is 0 Å². The first kappa shape index (κ1) is 21.7. The van der Waals surface area contributed by atoms with Crippen molar-refractivity contribution in [3.8, 4) is 11.5 Å². The number of hydrogen-bond acceptors (Lipinski definition) is 5. The van der Waals surface area contributed by atoms with Crippen molar-refractivity contribution in [1.82, 2.24) is 20.0 Å². The van der Waals surface area contributed by atoms with Crippen LogP contribution in [-0.4, -0.2) is 87.8 Å². The number of benzene rings is 1. The largest absolute Gasteiger partial charge is 0.497 e. The molecule has 1 atom stereocenters. The highest BCUT2D eigenvalue weighted by molar-refractivity contribution is 5.75. The van der Waals surface area contributed by atoms with E-state index in [4.69, 9.17) is 9.47 Å². The molecule has 2 amide bonds. The third-order valence-electron chi connectivity index (χ3n) is 6.08. The van der Waals surface area contributed by atoms with Crippen LogP contribution < -0.4 is 14.8 Å². The van der Waals surface area contributed by atoms with E-state index >= 15 is 0 Å². The first-order valence-electron chi connectivity index (χ1n) is 10.8. The average molecular weight is 405 g/mol. The molecule has 0 aliphatic carbocycles. The number of rotatable bonds is 8. The standard InChI is InChI=1S/C22H36N4O3/c1-24-13-15-25(16-14-24)11-5-4-10-23-22(27)26-12-6-7-20(26)19-17-18(28-2)8-9-21(19)29-3/h8-9,17,20H,4-7,10-16H2,1-3H3,(H,23,27). The molecule has 1 aromatic rings. The number of methoxy groups -OCH3 is 2. The highest BCUT2D eigenvalue weighted by Crippen LogP contribution is 2.38. The predicted octanol–water partition coefficient (Wildman–Crippen LogP) is 2.58. The molecule has 1 aromatic carbocycles. The summed E-state index contributed by atoms with van der Waals surface area (Å²) in [6.07, 6.45) is 4.08. The predicted molar refractivity (Wildman–Crippen MR) is 115 cm³/mol. The van der Waals surface area contributed by atoms with Crippen LogP contribution in [0.25, 0.3) is 0 Å². The van der Waals surface area contributed by atoms with Crippen LogP contribution in [0.15, 0.2) is 18.2 Å². The van der Waals surface area contributed by atoms with E-state index in [1.165, 1.54) is 0 Å². The topological polar surface area (TPSA) is 57.3 Å². The molecule has 1 N–H and O–H groups in total. The normalized spacial score (nSPS) is 20.7. The van der Waals surface area contributed by atoms with Crippen molar-refractivity contribution in [3.63, 3.8) is 0 Å². The summed E-state index contributed by atoms with van der Waals surface area (Å²) in [6, 6.07) is 5.86. The molecule has 0 bridgehead atoms. The second kappa shape index (κ2) is 10.7. The molecule has 2 heterocycles. The van der Waals surface area contributed by atoms with Crippen molar-refractivity contribution < 1.29 is 14.3 Å². The number of nitrogens with one attached hydrogen (secondary N) is 1. The van der Waals surface area contributed by atoms with Gasteiger partial charge in [0.1, 0.15) is 11.5 Å². The van der Waals surface area contributed by atoms with Crippen LogP contribution in [0.4, 0.5) is 4.79 Å². The molecule has 0 spiro atoms. The fraction of sp³-hybridized carbons (Fsp3) is 0.682. The Kier molecular flexibility index (Phi) is 8.00. The van der Waals surface area contributed by atoms with E-state index in [9.17, 15) is 4.79 Å². The molecule has 3 rings (SSSR count). The van der Waals surface area contributed by atoms with Gasteiger partial charge in [-0.25, -0.2) is 4.79 Å². The van der Waals surface area contributed by atoms with Gasteiger partial charge in [-0.1, -0.05) is 0 Å². The second-order valence-corrected chi connectivity index (χ2v) is 8.04. The molecule has 0 radical (unpaired) electrons. The minimum absolute atomic E-state index is 0.0250. The first-order valence-corrected chi connectivity index (χ1v) is 10.8. The van der Waals surface area contributed by atoms with E-state index < -0.39 is 0 Å². The van der Waals surface area contributed by atoms with Crippen molar-refractivity contribution in [2.45, 2.75) is 31.7 Å². The minimum Gasteiger partial charge on any atom is -0.497 e. The number of likely N-dealkylation sites (tertiary alicyclic amines) is 1. The Balaban J connectivity index is 1.46. The summed E-state index contributed by atoms with van der Waals surface area (Å²) in [5, 5.41) is 3.12. The minimum atomic E-state index is 0.0250. The molecule has 2 fully saturated rings. The molecule has 0 aromatic heterocycles. The molecule has 2 aliphatic heterocycles. The van der Waals surface area contributed by atoms with Gasteiger partial charge >= 0.3 is 6.03 Å². The van der Waals surface area contributed by atoms with Crippen LogP contribution in [-0.2, 0) is 0 Å². The van der Waals surface area contributed by atoms with Gasteiger partial charge in [0, 0.05) is 44.8 Å². The monoisotopic (exact) mass is 404 g/mol. The van der Waals surface area contributed by atoms with Crippen LogP contribution in [0.3, 0.4) is 0 Å². The highest BCUT2D eigenvalue weighted by atomic mass is 16.5. The summed E-state index contributed by atoms with van der Waals surface area (Å²) in [5.41, 5.74) is 1.02. The number of unbranched alkanes of at least 4 members (excludes halogenated alkanes) is 1. The van der Waals surface area contributed by atoms with Crippen molar-refractivity contribution in [2.24, 2.45) is 0 Å². The maximum absolute atomic E-state index is 12.8. The smallest absolute Gasteiger partial charge is 0.317 e. The van der Waals surface area contributed by atoms with E-state index in [0.29, 0.717) is 0 Å². The van der Waals surface area contributed by atoms with Crippen molar-refractivity contribution in [3.05, 3.63) is 23.8 Å². The fourth-order valence-electron chi connectivity index (χ4n) is 4.26. The first-order chi connectivity index (χ1) is 14.1. The zero-order valence-electron chi connectivity index (χ0n) is 18.2. The Morgan fingerprint density at radius 2 is 1.90 bits per heavy atom. The van der Waals surface area contributed by atoms with Crippen LogP contribution >= 0.6 is 0 Å². The Morgan fingerprint density at radius 1 is 1.10 bits per heavy atom. The molecule has 7 nitrogen and oxygen atoms in total. The summed E-state index contributed by atoms with van der Waals surface area (Å²) in [6.45, 7) is 7.24. The number of nitrogens with zero attached hydrogens (tertiary/aromatic N) is 3. The number of carbonyl (C=O) groups is 1. The number of amides is 2. The Hall–Kier alpha value is -1.99. The van der Waals surface area contributed by atoms with Gasteiger partial charge in [-0.2, -0.15) is 0 Å². The molecule has 1 unspecified atom stereocenters. The molecule has 162 valence electrons. The highest BCUT2D eigenvalue weighted by Gasteiger charge is 2.32. The Labute approximate surface area is 174 Å². The third kappa shape index (κ3) is 5.76.